The molecule has 0 aromatic heterocycles. The van der Waals surface area contributed by atoms with E-state index in [4.69, 9.17) is 0 Å². The molecule has 1 aliphatic carbocycles. The standard InChI is InChI=1S/C21H27N3O2/c1-20(2)10-13-16(14(25)11-20)15(12-8-6-5-7-9-12)17-18(22-13)23-21(3,4)24-19(17)26/h5-9,13,15-16,22-23H,10-11H2,1-4H3,(H,24,26). The van der Waals surface area contributed by atoms with E-state index >= 15 is 0 Å². The van der Waals surface area contributed by atoms with Crippen LogP contribution in [0.2, 0.25) is 0 Å². The normalized spacial score (nSPS) is 31.9. The van der Waals surface area contributed by atoms with E-state index in [1.54, 1.807) is 0 Å². The molecule has 3 aliphatic rings. The number of rotatable bonds is 1. The van der Waals surface area contributed by atoms with Crippen LogP contribution in [0.5, 0.6) is 0 Å². The third kappa shape index (κ3) is 2.79. The zero-order valence-electron chi connectivity index (χ0n) is 15.8. The number of amides is 1. The summed E-state index contributed by atoms with van der Waals surface area (Å²) in [6.45, 7) is 8.18. The van der Waals surface area contributed by atoms with Gasteiger partial charge in [-0.2, -0.15) is 0 Å². The number of benzene rings is 1. The van der Waals surface area contributed by atoms with Crippen molar-refractivity contribution in [1.29, 1.82) is 0 Å². The third-order valence-corrected chi connectivity index (χ3v) is 5.77. The molecule has 5 heteroatoms. The predicted octanol–water partition coefficient (Wildman–Crippen LogP) is 2.41. The number of Topliss-reactive ketones (excluding diaryl/α,β-unsaturated/α-hetero) is 1. The van der Waals surface area contributed by atoms with Crippen LogP contribution in [0, 0.1) is 11.3 Å². The number of hydrogen-bond acceptors (Lipinski definition) is 4. The SMILES string of the molecule is CC1(C)CC(=O)C2C(C1)NC1=C(C(=O)NC(C)(C)N1)C2c1ccccc1. The fourth-order valence-corrected chi connectivity index (χ4v) is 4.85. The quantitative estimate of drug-likeness (QED) is 0.725. The molecule has 1 amide bonds. The molecule has 3 atom stereocenters. The van der Waals surface area contributed by atoms with Crippen molar-refractivity contribution < 1.29 is 9.59 Å². The summed E-state index contributed by atoms with van der Waals surface area (Å²) in [5, 5.41) is 9.96. The summed E-state index contributed by atoms with van der Waals surface area (Å²) in [5.74, 6) is 0.500. The van der Waals surface area contributed by atoms with Gasteiger partial charge in [-0.15, -0.1) is 0 Å². The van der Waals surface area contributed by atoms with E-state index in [1.807, 2.05) is 44.2 Å². The minimum Gasteiger partial charge on any atom is -0.368 e. The number of fused-ring (bicyclic) bond motifs is 1. The van der Waals surface area contributed by atoms with Crippen LogP contribution >= 0.6 is 0 Å². The van der Waals surface area contributed by atoms with Crippen LogP contribution in [0.3, 0.4) is 0 Å². The molecule has 26 heavy (non-hydrogen) atoms. The molecule has 2 heterocycles. The van der Waals surface area contributed by atoms with E-state index in [0.29, 0.717) is 12.0 Å². The Morgan fingerprint density at radius 1 is 1.00 bits per heavy atom. The Kier molecular flexibility index (Phi) is 3.69. The van der Waals surface area contributed by atoms with Crippen LogP contribution in [-0.4, -0.2) is 23.4 Å². The van der Waals surface area contributed by atoms with Crippen LogP contribution in [0.1, 0.15) is 52.0 Å². The van der Waals surface area contributed by atoms with E-state index in [2.05, 4.69) is 29.8 Å². The van der Waals surface area contributed by atoms with Gasteiger partial charge in [-0.25, -0.2) is 0 Å². The summed E-state index contributed by atoms with van der Waals surface area (Å²) in [4.78, 5) is 26.1. The molecule has 138 valence electrons. The van der Waals surface area contributed by atoms with Gasteiger partial charge in [0.1, 0.15) is 17.3 Å². The first-order valence-corrected chi connectivity index (χ1v) is 9.36. The maximum atomic E-state index is 13.1. The van der Waals surface area contributed by atoms with Gasteiger partial charge < -0.3 is 16.0 Å². The van der Waals surface area contributed by atoms with Crippen LogP contribution in [0.4, 0.5) is 0 Å². The van der Waals surface area contributed by atoms with Crippen LogP contribution in [0.25, 0.3) is 0 Å². The topological polar surface area (TPSA) is 70.2 Å². The maximum absolute atomic E-state index is 13.1. The zero-order valence-corrected chi connectivity index (χ0v) is 15.8. The second-order valence-electron chi connectivity index (χ2n) is 9.17. The molecule has 0 spiro atoms. The molecule has 1 aromatic carbocycles. The van der Waals surface area contributed by atoms with Gasteiger partial charge in [-0.05, 0) is 31.2 Å². The summed E-state index contributed by atoms with van der Waals surface area (Å²) in [6.07, 6.45) is 1.47. The van der Waals surface area contributed by atoms with Crippen LogP contribution < -0.4 is 16.0 Å². The molecule has 1 aromatic rings. The van der Waals surface area contributed by atoms with Crippen LogP contribution in [-0.2, 0) is 9.59 Å². The monoisotopic (exact) mass is 353 g/mol. The molecule has 0 saturated heterocycles. The van der Waals surface area contributed by atoms with Gasteiger partial charge in [-0.3, -0.25) is 9.59 Å². The van der Waals surface area contributed by atoms with Gasteiger partial charge in [0, 0.05) is 24.3 Å². The van der Waals surface area contributed by atoms with Crippen molar-refractivity contribution in [1.82, 2.24) is 16.0 Å². The molecule has 0 radical (unpaired) electrons. The van der Waals surface area contributed by atoms with Gasteiger partial charge in [0.05, 0.1) is 5.57 Å². The Morgan fingerprint density at radius 3 is 2.38 bits per heavy atom. The Labute approximate surface area is 154 Å². The van der Waals surface area contributed by atoms with E-state index < -0.39 is 5.66 Å². The smallest absolute Gasteiger partial charge is 0.253 e. The number of nitrogens with one attached hydrogen (secondary N) is 3. The molecule has 4 rings (SSSR count). The predicted molar refractivity (Wildman–Crippen MR) is 100 cm³/mol. The first kappa shape index (κ1) is 17.1. The number of hydrogen-bond donors (Lipinski definition) is 3. The maximum Gasteiger partial charge on any atom is 0.253 e. The largest absolute Gasteiger partial charge is 0.368 e. The average Bonchev–Trinajstić information content (AvgIpc) is 2.51. The van der Waals surface area contributed by atoms with Crippen LogP contribution in [0.15, 0.2) is 41.7 Å². The zero-order chi connectivity index (χ0) is 18.7. The van der Waals surface area contributed by atoms with Crippen molar-refractivity contribution in [3.05, 3.63) is 47.3 Å². The van der Waals surface area contributed by atoms with Crippen molar-refractivity contribution in [3.63, 3.8) is 0 Å². The fraction of sp³-hybridized carbons (Fsp3) is 0.524. The molecule has 3 N–H and O–H groups in total. The highest BCUT2D eigenvalue weighted by molar-refractivity contribution is 5.99. The highest BCUT2D eigenvalue weighted by Gasteiger charge is 2.52. The van der Waals surface area contributed by atoms with E-state index in [0.717, 1.165) is 17.8 Å². The number of ketones is 1. The van der Waals surface area contributed by atoms with Crippen molar-refractivity contribution in [2.24, 2.45) is 11.3 Å². The lowest BCUT2D eigenvalue weighted by Crippen LogP contribution is -2.66. The Morgan fingerprint density at radius 2 is 1.69 bits per heavy atom. The molecule has 5 nitrogen and oxygen atoms in total. The third-order valence-electron chi connectivity index (χ3n) is 5.77. The lowest BCUT2D eigenvalue weighted by atomic mass is 9.61. The van der Waals surface area contributed by atoms with Crippen molar-refractivity contribution in [2.45, 2.75) is 58.2 Å². The summed E-state index contributed by atoms with van der Waals surface area (Å²) in [6, 6.07) is 9.99. The van der Waals surface area contributed by atoms with E-state index in [-0.39, 0.29) is 35.0 Å². The molecule has 0 bridgehead atoms. The van der Waals surface area contributed by atoms with Gasteiger partial charge in [0.2, 0.25) is 0 Å². The first-order chi connectivity index (χ1) is 12.2. The average molecular weight is 353 g/mol. The highest BCUT2D eigenvalue weighted by Crippen LogP contribution is 2.48. The van der Waals surface area contributed by atoms with E-state index in [9.17, 15) is 9.59 Å². The molecule has 2 aliphatic heterocycles. The molecule has 1 saturated carbocycles. The Bertz CT molecular complexity index is 795. The van der Waals surface area contributed by atoms with Gasteiger partial charge in [0.15, 0.2) is 0 Å². The van der Waals surface area contributed by atoms with Gasteiger partial charge >= 0.3 is 0 Å². The minimum absolute atomic E-state index is 0.0308. The first-order valence-electron chi connectivity index (χ1n) is 9.36. The molecule has 1 fully saturated rings. The fourth-order valence-electron chi connectivity index (χ4n) is 4.85. The summed E-state index contributed by atoms with van der Waals surface area (Å²) in [7, 11) is 0. The van der Waals surface area contributed by atoms with Crippen molar-refractivity contribution in [3.8, 4) is 0 Å². The lowest BCUT2D eigenvalue weighted by molar-refractivity contribution is -0.130. The summed E-state index contributed by atoms with van der Waals surface area (Å²) >= 11 is 0. The molecular formula is C21H27N3O2. The molecule has 3 unspecified atom stereocenters. The second kappa shape index (κ2) is 5.60. The minimum atomic E-state index is -0.523. The lowest BCUT2D eigenvalue weighted by Gasteiger charge is -2.50. The number of carbonyl (C=O) groups excluding carboxylic acids is 2. The summed E-state index contributed by atoms with van der Waals surface area (Å²) in [5.41, 5.74) is 1.13. The molecular weight excluding hydrogens is 326 g/mol. The van der Waals surface area contributed by atoms with Crippen molar-refractivity contribution >= 4 is 11.7 Å². The van der Waals surface area contributed by atoms with E-state index in [1.165, 1.54) is 0 Å². The van der Waals surface area contributed by atoms with Gasteiger partial charge in [0.25, 0.3) is 5.91 Å². The van der Waals surface area contributed by atoms with Gasteiger partial charge in [-0.1, -0.05) is 44.2 Å². The second-order valence-corrected chi connectivity index (χ2v) is 9.17. The Hall–Kier alpha value is -2.30. The summed E-state index contributed by atoms with van der Waals surface area (Å²) < 4.78 is 0. The number of carbonyl (C=O) groups is 2. The highest BCUT2D eigenvalue weighted by atomic mass is 16.2. The Balaban J connectivity index is 1.86. The van der Waals surface area contributed by atoms with Crippen molar-refractivity contribution in [2.75, 3.05) is 0 Å².